The smallest absolute Gasteiger partial charge is 0.193 e. The average Bonchev–Trinajstić information content (AvgIpc) is 2.58. The second kappa shape index (κ2) is 8.31. The van der Waals surface area contributed by atoms with Crippen molar-refractivity contribution in [2.75, 3.05) is 0 Å². The largest absolute Gasteiger partial charge is 0.289 e. The molecule has 0 N–H and O–H groups in total. The molecule has 0 unspecified atom stereocenters. The van der Waals surface area contributed by atoms with Crippen LogP contribution in [0.2, 0.25) is 0 Å². The molecule has 0 amide bonds. The van der Waals surface area contributed by atoms with Gasteiger partial charge < -0.3 is 0 Å². The summed E-state index contributed by atoms with van der Waals surface area (Å²) in [5.41, 5.74) is 1.47. The molecule has 0 spiro atoms. The van der Waals surface area contributed by atoms with E-state index >= 15 is 0 Å². The third kappa shape index (κ3) is 4.65. The Morgan fingerprint density at radius 3 is 1.40 bits per heavy atom. The number of benzene rings is 2. The van der Waals surface area contributed by atoms with Gasteiger partial charge in [0.1, 0.15) is 0 Å². The molecule has 2 aromatic carbocycles. The molecule has 1 radical (unpaired) electrons. The van der Waals surface area contributed by atoms with Crippen molar-refractivity contribution in [1.29, 1.82) is 0 Å². The Balaban J connectivity index is 0.000000205. The van der Waals surface area contributed by atoms with Crippen LogP contribution in [0, 0.1) is 6.42 Å². The number of ketones is 1. The predicted molar refractivity (Wildman–Crippen MR) is 83.7 cm³/mol. The van der Waals surface area contributed by atoms with E-state index in [1.807, 2.05) is 60.7 Å². The van der Waals surface area contributed by atoms with Gasteiger partial charge in [0.25, 0.3) is 0 Å². The minimum absolute atomic E-state index is 0.0752. The van der Waals surface area contributed by atoms with Gasteiger partial charge in [0.2, 0.25) is 0 Å². The van der Waals surface area contributed by atoms with Gasteiger partial charge in [-0.15, -0.1) is 0 Å². The molecule has 103 valence electrons. The van der Waals surface area contributed by atoms with E-state index in [-0.39, 0.29) is 5.78 Å². The molecule has 1 aliphatic rings. The van der Waals surface area contributed by atoms with Crippen LogP contribution in [0.1, 0.15) is 48.0 Å². The van der Waals surface area contributed by atoms with E-state index in [1.54, 1.807) is 0 Å². The lowest BCUT2D eigenvalue weighted by Gasteiger charge is -2.05. The molecule has 0 heterocycles. The van der Waals surface area contributed by atoms with Crippen LogP contribution in [-0.2, 0) is 0 Å². The Labute approximate surface area is 121 Å². The number of carbonyl (C=O) groups excluding carboxylic acids is 1. The molecule has 0 aromatic heterocycles. The molecular weight excluding hydrogens is 244 g/mol. The first-order valence-electron chi connectivity index (χ1n) is 7.34. The Bertz CT molecular complexity index is 445. The molecule has 20 heavy (non-hydrogen) atoms. The second-order valence-corrected chi connectivity index (χ2v) is 4.99. The second-order valence-electron chi connectivity index (χ2n) is 4.99. The van der Waals surface area contributed by atoms with Crippen LogP contribution >= 0.6 is 0 Å². The maximum atomic E-state index is 11.8. The highest BCUT2D eigenvalue weighted by molar-refractivity contribution is 6.08. The van der Waals surface area contributed by atoms with E-state index in [0.29, 0.717) is 0 Å². The van der Waals surface area contributed by atoms with Gasteiger partial charge in [-0.2, -0.15) is 0 Å². The number of carbonyl (C=O) groups is 1. The van der Waals surface area contributed by atoms with E-state index in [4.69, 9.17) is 0 Å². The van der Waals surface area contributed by atoms with Gasteiger partial charge in [-0.1, -0.05) is 92.8 Å². The first-order chi connectivity index (χ1) is 9.88. The zero-order chi connectivity index (χ0) is 14.0. The zero-order valence-corrected chi connectivity index (χ0v) is 11.8. The lowest BCUT2D eigenvalue weighted by molar-refractivity contribution is 0.103. The van der Waals surface area contributed by atoms with Crippen molar-refractivity contribution in [2.45, 2.75) is 32.1 Å². The van der Waals surface area contributed by atoms with E-state index in [1.165, 1.54) is 32.1 Å². The molecule has 1 heteroatoms. The van der Waals surface area contributed by atoms with Crippen molar-refractivity contribution < 1.29 is 4.79 Å². The average molecular weight is 265 g/mol. The highest BCUT2D eigenvalue weighted by Crippen LogP contribution is 2.14. The van der Waals surface area contributed by atoms with E-state index in [2.05, 4.69) is 6.42 Å². The van der Waals surface area contributed by atoms with E-state index in [0.717, 1.165) is 11.1 Å². The summed E-state index contributed by atoms with van der Waals surface area (Å²) in [7, 11) is 0. The van der Waals surface area contributed by atoms with Crippen molar-refractivity contribution in [3.05, 3.63) is 78.2 Å². The summed E-state index contributed by atoms with van der Waals surface area (Å²) in [6.45, 7) is 0. The summed E-state index contributed by atoms with van der Waals surface area (Å²) in [5, 5.41) is 0. The molecule has 0 atom stereocenters. The normalized spacial score (nSPS) is 14.0. The Kier molecular flexibility index (Phi) is 6.04. The van der Waals surface area contributed by atoms with Gasteiger partial charge in [0.15, 0.2) is 5.78 Å². The van der Waals surface area contributed by atoms with Gasteiger partial charge in [-0.3, -0.25) is 4.79 Å². The Morgan fingerprint density at radius 1 is 0.650 bits per heavy atom. The van der Waals surface area contributed by atoms with Crippen LogP contribution in [0.3, 0.4) is 0 Å². The van der Waals surface area contributed by atoms with Crippen molar-refractivity contribution >= 4 is 5.78 Å². The van der Waals surface area contributed by atoms with Crippen LogP contribution in [0.15, 0.2) is 60.7 Å². The fourth-order valence-corrected chi connectivity index (χ4v) is 2.24. The molecule has 1 fully saturated rings. The number of hydrogen-bond acceptors (Lipinski definition) is 1. The molecule has 1 aliphatic carbocycles. The summed E-state index contributed by atoms with van der Waals surface area (Å²) in [4.78, 5) is 11.8. The third-order valence-corrected chi connectivity index (χ3v) is 3.39. The molecule has 0 bridgehead atoms. The predicted octanol–water partition coefficient (Wildman–Crippen LogP) is 5.07. The highest BCUT2D eigenvalue weighted by atomic mass is 16.1. The maximum absolute atomic E-state index is 11.8. The van der Waals surface area contributed by atoms with Crippen LogP contribution in [-0.4, -0.2) is 5.78 Å². The first-order valence-corrected chi connectivity index (χ1v) is 7.34. The van der Waals surface area contributed by atoms with E-state index < -0.39 is 0 Å². The lowest BCUT2D eigenvalue weighted by atomic mass is 10.0. The molecular formula is C19H21O. The van der Waals surface area contributed by atoms with Gasteiger partial charge in [-0.05, 0) is 6.42 Å². The van der Waals surface area contributed by atoms with Crippen molar-refractivity contribution in [1.82, 2.24) is 0 Å². The molecule has 3 rings (SSSR count). The van der Waals surface area contributed by atoms with Crippen LogP contribution < -0.4 is 0 Å². The Hall–Kier alpha value is -1.89. The van der Waals surface area contributed by atoms with E-state index in [9.17, 15) is 4.79 Å². The fourth-order valence-electron chi connectivity index (χ4n) is 2.24. The quantitative estimate of drug-likeness (QED) is 0.693. The van der Waals surface area contributed by atoms with Gasteiger partial charge in [0.05, 0.1) is 0 Å². The third-order valence-electron chi connectivity index (χ3n) is 3.39. The zero-order valence-electron chi connectivity index (χ0n) is 11.8. The molecule has 1 nitrogen and oxygen atoms in total. The minimum Gasteiger partial charge on any atom is -0.289 e. The summed E-state index contributed by atoms with van der Waals surface area (Å²) in [6.07, 6.45) is 9.50. The number of hydrogen-bond donors (Lipinski definition) is 0. The molecule has 0 saturated heterocycles. The maximum Gasteiger partial charge on any atom is 0.193 e. The van der Waals surface area contributed by atoms with Crippen LogP contribution in [0.5, 0.6) is 0 Å². The van der Waals surface area contributed by atoms with Gasteiger partial charge in [-0.25, -0.2) is 0 Å². The lowest BCUT2D eigenvalue weighted by Crippen LogP contribution is -1.99. The minimum atomic E-state index is 0.0752. The van der Waals surface area contributed by atoms with Crippen LogP contribution in [0.4, 0.5) is 0 Å². The van der Waals surface area contributed by atoms with Crippen molar-refractivity contribution in [3.8, 4) is 0 Å². The topological polar surface area (TPSA) is 17.1 Å². The van der Waals surface area contributed by atoms with Crippen LogP contribution in [0.25, 0.3) is 0 Å². The highest BCUT2D eigenvalue weighted by Gasteiger charge is 2.06. The molecule has 0 aliphatic heterocycles. The van der Waals surface area contributed by atoms with Crippen molar-refractivity contribution in [3.63, 3.8) is 0 Å². The first kappa shape index (κ1) is 14.5. The van der Waals surface area contributed by atoms with Crippen molar-refractivity contribution in [2.24, 2.45) is 0 Å². The number of rotatable bonds is 2. The van der Waals surface area contributed by atoms with Gasteiger partial charge >= 0.3 is 0 Å². The summed E-state index contributed by atoms with van der Waals surface area (Å²) >= 11 is 0. The standard InChI is InChI=1S/C13H10O.C6H11/c14-13(11-7-3-1-4-8-11)12-9-5-2-6-10-12;1-2-4-6-5-3-1/h1-10H;1H,2-6H2. The summed E-state index contributed by atoms with van der Waals surface area (Å²) < 4.78 is 0. The van der Waals surface area contributed by atoms with Gasteiger partial charge in [0, 0.05) is 11.1 Å². The summed E-state index contributed by atoms with van der Waals surface area (Å²) in [5.74, 6) is 0.0752. The fraction of sp³-hybridized carbons (Fsp3) is 0.263. The SMILES string of the molecule is O=C(c1ccccc1)c1ccccc1.[CH]1CCCCC1. The molecule has 2 aromatic rings. The monoisotopic (exact) mass is 265 g/mol. The Morgan fingerprint density at radius 2 is 1.10 bits per heavy atom. The summed E-state index contributed by atoms with van der Waals surface area (Å²) in [6, 6.07) is 18.6. The molecule has 1 saturated carbocycles.